The van der Waals surface area contributed by atoms with Crippen molar-refractivity contribution in [2.24, 2.45) is 28.1 Å². The van der Waals surface area contributed by atoms with Gasteiger partial charge in [0.2, 0.25) is 0 Å². The molecular weight excluding hydrogens is 736 g/mol. The summed E-state index contributed by atoms with van der Waals surface area (Å²) in [4.78, 5) is 58.7. The van der Waals surface area contributed by atoms with Gasteiger partial charge in [-0.25, -0.2) is 0 Å². The molecule has 4 heterocycles. The van der Waals surface area contributed by atoms with Crippen molar-refractivity contribution in [3.8, 4) is 0 Å². The SMILES string of the molecule is CN1C(C)(C)CC(OC(=O)C(CC=O)C(CC(=O)OCC(C)(C)C2OCC3(COC(C(C)(C)CO)OC3)CO2)C(=O)OC2CC(C)(C)N(C)C(C)(C)C2)CC1(C)C. The van der Waals surface area contributed by atoms with E-state index in [4.69, 9.17) is 33.2 Å². The summed E-state index contributed by atoms with van der Waals surface area (Å²) < 4.78 is 42.4. The third-order valence-corrected chi connectivity index (χ3v) is 13.4. The molecule has 4 saturated heterocycles. The van der Waals surface area contributed by atoms with Crippen LogP contribution in [-0.2, 0) is 52.3 Å². The Labute approximate surface area is 341 Å². The summed E-state index contributed by atoms with van der Waals surface area (Å²) in [6.45, 7) is 25.3. The molecule has 57 heavy (non-hydrogen) atoms. The highest BCUT2D eigenvalue weighted by molar-refractivity contribution is 5.87. The van der Waals surface area contributed by atoms with Crippen LogP contribution in [0.1, 0.15) is 122 Å². The predicted octanol–water partition coefficient (Wildman–Crippen LogP) is 4.91. The highest BCUT2D eigenvalue weighted by Gasteiger charge is 2.50. The van der Waals surface area contributed by atoms with Gasteiger partial charge in [0.25, 0.3) is 0 Å². The van der Waals surface area contributed by atoms with E-state index in [2.05, 4.69) is 79.3 Å². The van der Waals surface area contributed by atoms with Gasteiger partial charge >= 0.3 is 17.9 Å². The molecule has 2 unspecified atom stereocenters. The fourth-order valence-electron chi connectivity index (χ4n) is 9.05. The topological polar surface area (TPSA) is 160 Å². The zero-order chi connectivity index (χ0) is 43.0. The fourth-order valence-corrected chi connectivity index (χ4v) is 9.05. The number of hydrogen-bond donors (Lipinski definition) is 1. The summed E-state index contributed by atoms with van der Waals surface area (Å²) in [5.41, 5.74) is -3.01. The number of nitrogens with zero attached hydrogens (tertiary/aromatic N) is 2. The number of ether oxygens (including phenoxy) is 7. The van der Waals surface area contributed by atoms with Gasteiger partial charge in [-0.1, -0.05) is 27.7 Å². The molecular formula is C43H74N2O12. The van der Waals surface area contributed by atoms with Crippen LogP contribution in [0.15, 0.2) is 0 Å². The predicted molar refractivity (Wildman–Crippen MR) is 212 cm³/mol. The first kappa shape index (κ1) is 47.5. The third-order valence-electron chi connectivity index (χ3n) is 13.4. The minimum absolute atomic E-state index is 0.0825. The number of aliphatic hydroxyl groups is 1. The summed E-state index contributed by atoms with van der Waals surface area (Å²) in [6, 6.07) is 0. The number of aldehydes is 1. The molecule has 328 valence electrons. The number of aliphatic hydroxyl groups excluding tert-OH is 1. The second-order valence-corrected chi connectivity index (χ2v) is 21.3. The summed E-state index contributed by atoms with van der Waals surface area (Å²) in [7, 11) is 4.10. The molecule has 0 aromatic carbocycles. The number of rotatable bonds is 14. The number of carbonyl (C=O) groups is 4. The van der Waals surface area contributed by atoms with Crippen molar-refractivity contribution in [1.82, 2.24) is 9.80 Å². The highest BCUT2D eigenvalue weighted by Crippen LogP contribution is 2.42. The van der Waals surface area contributed by atoms with Crippen LogP contribution in [0.4, 0.5) is 0 Å². The molecule has 4 fully saturated rings. The molecule has 4 aliphatic heterocycles. The van der Waals surface area contributed by atoms with Crippen LogP contribution in [0, 0.1) is 28.1 Å². The van der Waals surface area contributed by atoms with E-state index in [0.29, 0.717) is 58.4 Å². The van der Waals surface area contributed by atoms with Crippen molar-refractivity contribution in [3.63, 3.8) is 0 Å². The number of likely N-dealkylation sites (tertiary alicyclic amines) is 2. The smallest absolute Gasteiger partial charge is 0.310 e. The summed E-state index contributed by atoms with van der Waals surface area (Å²) in [6.07, 6.45) is -0.193. The molecule has 1 N–H and O–H groups in total. The van der Waals surface area contributed by atoms with Crippen LogP contribution < -0.4 is 0 Å². The monoisotopic (exact) mass is 811 g/mol. The Morgan fingerprint density at radius 1 is 0.684 bits per heavy atom. The van der Waals surface area contributed by atoms with Crippen LogP contribution in [-0.4, -0.2) is 140 Å². The van der Waals surface area contributed by atoms with Crippen LogP contribution in [0.3, 0.4) is 0 Å². The summed E-state index contributed by atoms with van der Waals surface area (Å²) in [5, 5.41) is 9.72. The van der Waals surface area contributed by atoms with E-state index in [1.807, 2.05) is 27.7 Å². The van der Waals surface area contributed by atoms with Crippen LogP contribution >= 0.6 is 0 Å². The molecule has 0 saturated carbocycles. The number of hydrogen-bond acceptors (Lipinski definition) is 14. The summed E-state index contributed by atoms with van der Waals surface area (Å²) in [5.74, 6) is -4.73. The number of carbonyl (C=O) groups excluding carboxylic acids is 4. The highest BCUT2D eigenvalue weighted by atomic mass is 16.7. The summed E-state index contributed by atoms with van der Waals surface area (Å²) >= 11 is 0. The van der Waals surface area contributed by atoms with Crippen molar-refractivity contribution >= 4 is 24.2 Å². The fraction of sp³-hybridized carbons (Fsp3) is 0.907. The molecule has 1 spiro atoms. The van der Waals surface area contributed by atoms with Crippen LogP contribution in [0.2, 0.25) is 0 Å². The van der Waals surface area contributed by atoms with E-state index in [0.717, 1.165) is 0 Å². The normalized spacial score (nSPS) is 29.6. The Bertz CT molecular complexity index is 1390. The molecule has 0 aromatic rings. The van der Waals surface area contributed by atoms with Crippen molar-refractivity contribution in [2.75, 3.05) is 53.7 Å². The van der Waals surface area contributed by atoms with Gasteiger partial charge in [-0.3, -0.25) is 24.2 Å². The Balaban J connectivity index is 1.47. The second-order valence-electron chi connectivity index (χ2n) is 21.3. The zero-order valence-corrected chi connectivity index (χ0v) is 37.4. The standard InChI is InChI=1S/C43H74N2O12/c1-37(2,22-47)35-52-24-43(25-53-35)26-54-36(55-27-43)38(3,4)23-51-32(48)17-31(34(50)57-29-20-41(9,10)45(14)42(11,12)21-29)30(15-16-46)33(49)56-28-18-39(5,6)44(13)40(7,8)19-28/h16,28-31,35-36,47H,15,17-27H2,1-14H3. The lowest BCUT2D eigenvalue weighted by Gasteiger charge is -2.53. The Kier molecular flexibility index (Phi) is 14.5. The molecule has 0 amide bonds. The van der Waals surface area contributed by atoms with E-state index >= 15 is 0 Å². The van der Waals surface area contributed by atoms with E-state index < -0.39 is 77.2 Å². The lowest BCUT2D eigenvalue weighted by Crippen LogP contribution is -2.60. The minimum Gasteiger partial charge on any atom is -0.465 e. The van der Waals surface area contributed by atoms with Crippen molar-refractivity contribution in [2.45, 2.75) is 169 Å². The average molecular weight is 811 g/mol. The van der Waals surface area contributed by atoms with E-state index in [1.54, 1.807) is 0 Å². The first-order chi connectivity index (χ1) is 26.1. The maximum absolute atomic E-state index is 14.3. The average Bonchev–Trinajstić information content (AvgIpc) is 3.10. The maximum atomic E-state index is 14.3. The van der Waals surface area contributed by atoms with Crippen molar-refractivity contribution in [1.29, 1.82) is 0 Å². The van der Waals surface area contributed by atoms with Gasteiger partial charge in [0, 0.05) is 65.1 Å². The van der Waals surface area contributed by atoms with Gasteiger partial charge in [0.05, 0.1) is 56.7 Å². The van der Waals surface area contributed by atoms with E-state index in [9.17, 15) is 24.3 Å². The molecule has 2 atom stereocenters. The molecule has 0 radical (unpaired) electrons. The van der Waals surface area contributed by atoms with Crippen molar-refractivity contribution in [3.05, 3.63) is 0 Å². The van der Waals surface area contributed by atoms with Gasteiger partial charge in [0.15, 0.2) is 12.6 Å². The van der Waals surface area contributed by atoms with Crippen molar-refractivity contribution < 1.29 is 57.4 Å². The van der Waals surface area contributed by atoms with E-state index in [-0.39, 0.29) is 41.8 Å². The molecule has 0 aromatic heterocycles. The number of piperidine rings is 2. The van der Waals surface area contributed by atoms with Gasteiger partial charge < -0.3 is 43.1 Å². The van der Waals surface area contributed by atoms with Gasteiger partial charge in [-0.15, -0.1) is 0 Å². The lowest BCUT2D eigenvalue weighted by atomic mass is 9.78. The van der Waals surface area contributed by atoms with Crippen LogP contribution in [0.5, 0.6) is 0 Å². The molecule has 0 aliphatic carbocycles. The molecule has 4 aliphatic rings. The molecule has 0 bridgehead atoms. The maximum Gasteiger partial charge on any atom is 0.310 e. The Morgan fingerprint density at radius 2 is 1.05 bits per heavy atom. The van der Waals surface area contributed by atoms with E-state index in [1.165, 1.54) is 0 Å². The zero-order valence-electron chi connectivity index (χ0n) is 37.4. The quantitative estimate of drug-likeness (QED) is 0.143. The minimum atomic E-state index is -1.32. The third kappa shape index (κ3) is 11.1. The van der Waals surface area contributed by atoms with Gasteiger partial charge in [-0.05, 0) is 69.5 Å². The largest absolute Gasteiger partial charge is 0.465 e. The van der Waals surface area contributed by atoms with Crippen LogP contribution in [0.25, 0.3) is 0 Å². The Hall–Kier alpha value is -2.20. The first-order valence-corrected chi connectivity index (χ1v) is 20.7. The number of esters is 3. The molecule has 14 heteroatoms. The lowest BCUT2D eigenvalue weighted by molar-refractivity contribution is -0.337. The second kappa shape index (κ2) is 17.4. The van der Waals surface area contributed by atoms with Gasteiger partial charge in [-0.2, -0.15) is 0 Å². The first-order valence-electron chi connectivity index (χ1n) is 20.7. The Morgan fingerprint density at radius 3 is 1.42 bits per heavy atom. The van der Waals surface area contributed by atoms with Gasteiger partial charge in [0.1, 0.15) is 25.1 Å². The molecule has 4 rings (SSSR count). The molecule has 14 nitrogen and oxygen atoms in total.